The number of non-ortho nitro benzene ring substituents is 1. The van der Waals surface area contributed by atoms with Crippen molar-refractivity contribution in [3.05, 3.63) is 69.2 Å². The second kappa shape index (κ2) is 9.31. The molecule has 0 bridgehead atoms. The van der Waals surface area contributed by atoms with Crippen molar-refractivity contribution in [3.63, 3.8) is 0 Å². The summed E-state index contributed by atoms with van der Waals surface area (Å²) >= 11 is 5.88. The van der Waals surface area contributed by atoms with E-state index in [9.17, 15) is 19.7 Å². The summed E-state index contributed by atoms with van der Waals surface area (Å²) < 4.78 is 4.97. The maximum atomic E-state index is 12.4. The molecule has 2 rings (SSSR count). The molecule has 0 saturated heterocycles. The third kappa shape index (κ3) is 5.26. The van der Waals surface area contributed by atoms with Gasteiger partial charge >= 0.3 is 5.97 Å². The van der Waals surface area contributed by atoms with Gasteiger partial charge in [-0.2, -0.15) is 5.26 Å². The van der Waals surface area contributed by atoms with Crippen LogP contribution in [0.3, 0.4) is 0 Å². The number of ether oxygens (including phenoxy) is 1. The number of nitro groups is 1. The van der Waals surface area contributed by atoms with Gasteiger partial charge in [0, 0.05) is 24.4 Å². The van der Waals surface area contributed by atoms with Crippen molar-refractivity contribution < 1.29 is 19.2 Å². The minimum Gasteiger partial charge on any atom is -0.452 e. The highest BCUT2D eigenvalue weighted by molar-refractivity contribution is 6.33. The summed E-state index contributed by atoms with van der Waals surface area (Å²) in [7, 11) is 0. The van der Waals surface area contributed by atoms with Crippen molar-refractivity contribution in [2.75, 3.05) is 18.1 Å². The van der Waals surface area contributed by atoms with Crippen LogP contribution in [-0.4, -0.2) is 30.0 Å². The van der Waals surface area contributed by atoms with Crippen molar-refractivity contribution in [2.45, 2.75) is 6.42 Å². The molecule has 0 aliphatic heterocycles. The third-order valence-electron chi connectivity index (χ3n) is 3.52. The van der Waals surface area contributed by atoms with Crippen LogP contribution in [0.2, 0.25) is 5.02 Å². The zero-order valence-electron chi connectivity index (χ0n) is 14.0. The van der Waals surface area contributed by atoms with Crippen molar-refractivity contribution in [2.24, 2.45) is 0 Å². The molecule has 1 amide bonds. The Labute approximate surface area is 159 Å². The molecule has 0 heterocycles. The van der Waals surface area contributed by atoms with E-state index in [0.717, 1.165) is 12.1 Å². The van der Waals surface area contributed by atoms with E-state index in [1.807, 2.05) is 6.07 Å². The van der Waals surface area contributed by atoms with Gasteiger partial charge in [-0.1, -0.05) is 29.8 Å². The van der Waals surface area contributed by atoms with Crippen LogP contribution >= 0.6 is 11.6 Å². The minimum atomic E-state index is -0.953. The smallest absolute Gasteiger partial charge is 0.340 e. The lowest BCUT2D eigenvalue weighted by Crippen LogP contribution is -2.35. The predicted octanol–water partition coefficient (Wildman–Crippen LogP) is 3.35. The summed E-state index contributed by atoms with van der Waals surface area (Å²) in [6, 6.07) is 13.9. The quantitative estimate of drug-likeness (QED) is 0.409. The average molecular weight is 388 g/mol. The van der Waals surface area contributed by atoms with Crippen molar-refractivity contribution >= 4 is 34.9 Å². The fourth-order valence-electron chi connectivity index (χ4n) is 2.23. The van der Waals surface area contributed by atoms with Crippen molar-refractivity contribution in [1.82, 2.24) is 0 Å². The van der Waals surface area contributed by atoms with Gasteiger partial charge in [0.15, 0.2) is 6.61 Å². The highest BCUT2D eigenvalue weighted by Crippen LogP contribution is 2.23. The van der Waals surface area contributed by atoms with Gasteiger partial charge in [0.2, 0.25) is 0 Å². The lowest BCUT2D eigenvalue weighted by Gasteiger charge is -2.21. The standard InChI is InChI=1S/C18H14ClN3O5/c19-16-8-7-14(22(25)26)11-15(16)18(24)27-12-17(23)21(10-4-9-20)13-5-2-1-3-6-13/h1-3,5-8,11H,4,10,12H2. The van der Waals surface area contributed by atoms with Crippen LogP contribution in [0, 0.1) is 21.4 Å². The molecule has 0 aliphatic carbocycles. The maximum absolute atomic E-state index is 12.4. The normalized spacial score (nSPS) is 9.93. The van der Waals surface area contributed by atoms with Gasteiger partial charge in [-0.05, 0) is 18.2 Å². The van der Waals surface area contributed by atoms with E-state index in [4.69, 9.17) is 21.6 Å². The first-order valence-electron chi connectivity index (χ1n) is 7.77. The Morgan fingerprint density at radius 3 is 2.56 bits per heavy atom. The number of nitriles is 1. The van der Waals surface area contributed by atoms with E-state index in [1.54, 1.807) is 30.3 Å². The minimum absolute atomic E-state index is 0.0255. The molecule has 0 spiro atoms. The summed E-state index contributed by atoms with van der Waals surface area (Å²) in [4.78, 5) is 36.1. The molecule has 9 heteroatoms. The number of hydrogen-bond donors (Lipinski definition) is 0. The number of rotatable bonds is 7. The van der Waals surface area contributed by atoms with Crippen molar-refractivity contribution in [3.8, 4) is 6.07 Å². The van der Waals surface area contributed by atoms with Gasteiger partial charge < -0.3 is 9.64 Å². The molecule has 0 fully saturated rings. The molecule has 0 unspecified atom stereocenters. The summed E-state index contributed by atoms with van der Waals surface area (Å²) in [5, 5.41) is 19.6. The van der Waals surface area contributed by atoms with E-state index in [0.29, 0.717) is 5.69 Å². The number of amides is 1. The number of para-hydroxylation sites is 1. The lowest BCUT2D eigenvalue weighted by atomic mass is 10.2. The van der Waals surface area contributed by atoms with Gasteiger partial charge in [0.05, 0.1) is 28.0 Å². The second-order valence-corrected chi connectivity index (χ2v) is 5.69. The number of carbonyl (C=O) groups excluding carboxylic acids is 2. The van der Waals surface area contributed by atoms with Gasteiger partial charge in [0.1, 0.15) is 0 Å². The monoisotopic (exact) mass is 387 g/mol. The summed E-state index contributed by atoms with van der Waals surface area (Å²) in [6.07, 6.45) is 0.102. The summed E-state index contributed by atoms with van der Waals surface area (Å²) in [6.45, 7) is -0.466. The second-order valence-electron chi connectivity index (χ2n) is 5.29. The molecule has 0 radical (unpaired) electrons. The Morgan fingerprint density at radius 2 is 1.93 bits per heavy atom. The molecular weight excluding hydrogens is 374 g/mol. The fourth-order valence-corrected chi connectivity index (χ4v) is 2.43. The van der Waals surface area contributed by atoms with E-state index < -0.39 is 23.4 Å². The molecule has 0 saturated carbocycles. The van der Waals surface area contributed by atoms with E-state index >= 15 is 0 Å². The van der Waals surface area contributed by atoms with Gasteiger partial charge in [-0.15, -0.1) is 0 Å². The zero-order valence-corrected chi connectivity index (χ0v) is 14.8. The van der Waals surface area contributed by atoms with Crippen LogP contribution < -0.4 is 4.90 Å². The molecule has 138 valence electrons. The number of carbonyl (C=O) groups is 2. The number of esters is 1. The molecule has 0 atom stereocenters. The molecular formula is C18H14ClN3O5. The molecule has 2 aromatic carbocycles. The Kier molecular flexibility index (Phi) is 6.86. The molecule has 0 aliphatic rings. The first-order chi connectivity index (χ1) is 12.9. The number of nitrogens with zero attached hydrogens (tertiary/aromatic N) is 3. The van der Waals surface area contributed by atoms with Crippen molar-refractivity contribution in [1.29, 1.82) is 5.26 Å². The number of benzene rings is 2. The first kappa shape index (κ1) is 19.9. The average Bonchev–Trinajstić information content (AvgIpc) is 2.67. The number of hydrogen-bond acceptors (Lipinski definition) is 6. The number of nitro benzene ring substituents is 1. The molecule has 8 nitrogen and oxygen atoms in total. The maximum Gasteiger partial charge on any atom is 0.340 e. The Balaban J connectivity index is 2.11. The summed E-state index contributed by atoms with van der Waals surface area (Å²) in [5.41, 5.74) is 0.0294. The first-order valence-corrected chi connectivity index (χ1v) is 8.15. The van der Waals surface area contributed by atoms with Gasteiger partial charge in [0.25, 0.3) is 11.6 Å². The predicted molar refractivity (Wildman–Crippen MR) is 97.4 cm³/mol. The van der Waals surface area contributed by atoms with Crippen LogP contribution in [0.4, 0.5) is 11.4 Å². The van der Waals surface area contributed by atoms with Crippen LogP contribution in [0.25, 0.3) is 0 Å². The topological polar surface area (TPSA) is 114 Å². The third-order valence-corrected chi connectivity index (χ3v) is 3.85. The van der Waals surface area contributed by atoms with Crippen LogP contribution in [0.5, 0.6) is 0 Å². The van der Waals surface area contributed by atoms with Gasteiger partial charge in [-0.3, -0.25) is 14.9 Å². The zero-order chi connectivity index (χ0) is 19.8. The number of halogens is 1. The Hall–Kier alpha value is -3.44. The van der Waals surface area contributed by atoms with E-state index in [1.165, 1.54) is 11.0 Å². The van der Waals surface area contributed by atoms with E-state index in [2.05, 4.69) is 0 Å². The lowest BCUT2D eigenvalue weighted by molar-refractivity contribution is -0.384. The number of anilines is 1. The Morgan fingerprint density at radius 1 is 1.22 bits per heavy atom. The molecule has 27 heavy (non-hydrogen) atoms. The SMILES string of the molecule is N#CCCN(C(=O)COC(=O)c1cc([N+](=O)[O-])ccc1Cl)c1ccccc1. The van der Waals surface area contributed by atoms with Crippen LogP contribution in [0.1, 0.15) is 16.8 Å². The fraction of sp³-hybridized carbons (Fsp3) is 0.167. The van der Waals surface area contributed by atoms with Crippen LogP contribution in [0.15, 0.2) is 48.5 Å². The highest BCUT2D eigenvalue weighted by atomic mass is 35.5. The van der Waals surface area contributed by atoms with Crippen LogP contribution in [-0.2, 0) is 9.53 Å². The largest absolute Gasteiger partial charge is 0.452 e. The van der Waals surface area contributed by atoms with E-state index in [-0.39, 0.29) is 29.2 Å². The summed E-state index contributed by atoms with van der Waals surface area (Å²) in [5.74, 6) is -1.49. The molecule has 0 aromatic heterocycles. The molecule has 0 N–H and O–H groups in total. The Bertz CT molecular complexity index is 896. The molecule has 2 aromatic rings. The highest BCUT2D eigenvalue weighted by Gasteiger charge is 2.21. The van der Waals surface area contributed by atoms with Gasteiger partial charge in [-0.25, -0.2) is 4.79 Å².